The predicted octanol–water partition coefficient (Wildman–Crippen LogP) is 4.13. The van der Waals surface area contributed by atoms with E-state index in [-0.39, 0.29) is 5.91 Å². The Morgan fingerprint density at radius 3 is 2.55 bits per heavy atom. The van der Waals surface area contributed by atoms with Gasteiger partial charge >= 0.3 is 0 Å². The van der Waals surface area contributed by atoms with Gasteiger partial charge in [-0.05, 0) is 23.8 Å². The van der Waals surface area contributed by atoms with E-state index in [9.17, 15) is 4.79 Å². The molecule has 0 spiro atoms. The summed E-state index contributed by atoms with van der Waals surface area (Å²) in [7, 11) is 0. The summed E-state index contributed by atoms with van der Waals surface area (Å²) < 4.78 is 0. The van der Waals surface area contributed by atoms with Gasteiger partial charge < -0.3 is 5.32 Å². The van der Waals surface area contributed by atoms with Crippen LogP contribution in [0.3, 0.4) is 0 Å². The number of alkyl halides is 1. The summed E-state index contributed by atoms with van der Waals surface area (Å²) in [4.78, 5) is 12.0. The zero-order valence-electron chi connectivity index (χ0n) is 10.3. The third-order valence-corrected chi connectivity index (χ3v) is 3.46. The van der Waals surface area contributed by atoms with Crippen molar-refractivity contribution < 1.29 is 4.79 Å². The van der Waals surface area contributed by atoms with Gasteiger partial charge in [0.2, 0.25) is 5.91 Å². The number of carbonyl (C=O) groups excluding carboxylic acids is 1. The average Bonchev–Trinajstić information content (AvgIpc) is 2.49. The topological polar surface area (TPSA) is 52.9 Å². The lowest BCUT2D eigenvalue weighted by Gasteiger charge is -2.11. The molecule has 5 heteroatoms. The fourth-order valence-corrected chi connectivity index (χ4v) is 2.03. The molecule has 0 fully saturated rings. The van der Waals surface area contributed by atoms with Crippen molar-refractivity contribution in [1.82, 2.24) is 0 Å². The van der Waals surface area contributed by atoms with Gasteiger partial charge in [0.05, 0.1) is 10.6 Å². The molecule has 0 aliphatic carbocycles. The Hall–Kier alpha value is -2.02. The third kappa shape index (κ3) is 3.30. The molecule has 1 unspecified atom stereocenters. The molecule has 2 rings (SSSR count). The van der Waals surface area contributed by atoms with Gasteiger partial charge in [0.25, 0.3) is 0 Å². The van der Waals surface area contributed by atoms with E-state index in [4.69, 9.17) is 28.5 Å². The van der Waals surface area contributed by atoms with E-state index < -0.39 is 5.38 Å². The molecule has 0 aliphatic rings. The molecule has 0 aliphatic heterocycles. The van der Waals surface area contributed by atoms with E-state index in [1.807, 2.05) is 24.3 Å². The maximum absolute atomic E-state index is 12.0. The van der Waals surface area contributed by atoms with E-state index in [1.54, 1.807) is 24.3 Å². The van der Waals surface area contributed by atoms with Crippen LogP contribution in [0.1, 0.15) is 16.5 Å². The van der Waals surface area contributed by atoms with Gasteiger partial charge in [-0.15, -0.1) is 11.6 Å². The first-order chi connectivity index (χ1) is 9.61. The van der Waals surface area contributed by atoms with Crippen LogP contribution in [0.4, 0.5) is 5.69 Å². The van der Waals surface area contributed by atoms with E-state index in [0.717, 1.165) is 0 Å². The van der Waals surface area contributed by atoms with Crippen molar-refractivity contribution >= 4 is 34.8 Å². The van der Waals surface area contributed by atoms with Crippen LogP contribution < -0.4 is 5.32 Å². The minimum Gasteiger partial charge on any atom is -0.324 e. The first-order valence-corrected chi connectivity index (χ1v) is 6.63. The molecule has 3 nitrogen and oxygen atoms in total. The number of carbonyl (C=O) groups is 1. The quantitative estimate of drug-likeness (QED) is 0.867. The number of rotatable bonds is 3. The second-order valence-electron chi connectivity index (χ2n) is 4.07. The summed E-state index contributed by atoms with van der Waals surface area (Å²) >= 11 is 11.9. The zero-order valence-corrected chi connectivity index (χ0v) is 11.8. The molecule has 20 heavy (non-hydrogen) atoms. The van der Waals surface area contributed by atoms with E-state index in [0.29, 0.717) is 21.8 Å². The molecule has 1 amide bonds. The smallest absolute Gasteiger partial charge is 0.246 e. The largest absolute Gasteiger partial charge is 0.324 e. The molecular weight excluding hydrogens is 295 g/mol. The van der Waals surface area contributed by atoms with Gasteiger partial charge in [-0.3, -0.25) is 4.79 Å². The third-order valence-electron chi connectivity index (χ3n) is 2.68. The van der Waals surface area contributed by atoms with Crippen molar-refractivity contribution in [2.75, 3.05) is 5.32 Å². The summed E-state index contributed by atoms with van der Waals surface area (Å²) in [6.07, 6.45) is 0. The first-order valence-electron chi connectivity index (χ1n) is 5.81. The number of anilines is 1. The van der Waals surface area contributed by atoms with Crippen LogP contribution in [0.25, 0.3) is 0 Å². The molecule has 0 bridgehead atoms. The number of nitriles is 1. The van der Waals surface area contributed by atoms with Gasteiger partial charge in [0.1, 0.15) is 11.4 Å². The highest BCUT2D eigenvalue weighted by molar-refractivity contribution is 6.33. The first kappa shape index (κ1) is 14.4. The molecule has 0 heterocycles. The van der Waals surface area contributed by atoms with Gasteiger partial charge in [-0.1, -0.05) is 41.9 Å². The van der Waals surface area contributed by atoms with Crippen molar-refractivity contribution in [3.63, 3.8) is 0 Å². The maximum atomic E-state index is 12.0. The number of amides is 1. The summed E-state index contributed by atoms with van der Waals surface area (Å²) in [5.74, 6) is -0.357. The second-order valence-corrected chi connectivity index (χ2v) is 4.91. The Morgan fingerprint density at radius 1 is 1.20 bits per heavy atom. The Kier molecular flexibility index (Phi) is 4.62. The Labute approximate surface area is 126 Å². The lowest BCUT2D eigenvalue weighted by atomic mass is 10.1. The molecule has 0 saturated heterocycles. The highest BCUT2D eigenvalue weighted by Crippen LogP contribution is 2.24. The van der Waals surface area contributed by atoms with Gasteiger partial charge in [0.15, 0.2) is 0 Å². The molecule has 0 aromatic heterocycles. The molecule has 1 N–H and O–H groups in total. The van der Waals surface area contributed by atoms with E-state index in [2.05, 4.69) is 5.32 Å². The maximum Gasteiger partial charge on any atom is 0.246 e. The number of nitrogens with one attached hydrogen (secondary N) is 1. The summed E-state index contributed by atoms with van der Waals surface area (Å²) in [6.45, 7) is 0. The fourth-order valence-electron chi connectivity index (χ4n) is 1.67. The summed E-state index contributed by atoms with van der Waals surface area (Å²) in [6, 6.07) is 15.7. The van der Waals surface area contributed by atoms with Crippen LogP contribution in [0.15, 0.2) is 48.5 Å². The lowest BCUT2D eigenvalue weighted by molar-refractivity contribution is -0.116. The number of benzene rings is 2. The molecule has 2 aromatic carbocycles. The standard InChI is InChI=1S/C15H10Cl2N2O/c16-13-7-6-12(8-11(13)9-18)19-15(20)14(17)10-4-2-1-3-5-10/h1-8,14H,(H,19,20). The Morgan fingerprint density at radius 2 is 1.90 bits per heavy atom. The highest BCUT2D eigenvalue weighted by Gasteiger charge is 2.17. The molecular formula is C15H10Cl2N2O. The number of halogens is 2. The van der Waals surface area contributed by atoms with E-state index in [1.165, 1.54) is 6.07 Å². The zero-order chi connectivity index (χ0) is 14.5. The predicted molar refractivity (Wildman–Crippen MR) is 79.8 cm³/mol. The number of hydrogen-bond acceptors (Lipinski definition) is 2. The minimum absolute atomic E-state index is 0.301. The molecule has 2 aromatic rings. The number of nitrogens with zero attached hydrogens (tertiary/aromatic N) is 1. The molecule has 0 saturated carbocycles. The van der Waals surface area contributed by atoms with Crippen LogP contribution in [0.5, 0.6) is 0 Å². The number of hydrogen-bond donors (Lipinski definition) is 1. The van der Waals surface area contributed by atoms with Crippen LogP contribution in [0.2, 0.25) is 5.02 Å². The summed E-state index contributed by atoms with van der Waals surface area (Å²) in [5.41, 5.74) is 1.49. The van der Waals surface area contributed by atoms with Crippen molar-refractivity contribution in [3.8, 4) is 6.07 Å². The normalized spacial score (nSPS) is 11.4. The highest BCUT2D eigenvalue weighted by atomic mass is 35.5. The van der Waals surface area contributed by atoms with Crippen molar-refractivity contribution in [1.29, 1.82) is 5.26 Å². The van der Waals surface area contributed by atoms with Gasteiger partial charge in [0, 0.05) is 5.69 Å². The van der Waals surface area contributed by atoms with Crippen molar-refractivity contribution in [2.24, 2.45) is 0 Å². The molecule has 0 radical (unpaired) electrons. The minimum atomic E-state index is -0.794. The van der Waals surface area contributed by atoms with Crippen molar-refractivity contribution in [3.05, 3.63) is 64.7 Å². The van der Waals surface area contributed by atoms with Crippen LogP contribution in [0, 0.1) is 11.3 Å². The molecule has 1 atom stereocenters. The summed E-state index contributed by atoms with van der Waals surface area (Å²) in [5, 5.41) is 11.1. The molecule has 100 valence electrons. The fraction of sp³-hybridized carbons (Fsp3) is 0.0667. The van der Waals surface area contributed by atoms with Crippen LogP contribution in [-0.2, 0) is 4.79 Å². The average molecular weight is 305 g/mol. The second kappa shape index (κ2) is 6.42. The SMILES string of the molecule is N#Cc1cc(NC(=O)C(Cl)c2ccccc2)ccc1Cl. The Bertz CT molecular complexity index is 665. The van der Waals surface area contributed by atoms with Gasteiger partial charge in [-0.25, -0.2) is 0 Å². The lowest BCUT2D eigenvalue weighted by Crippen LogP contribution is -2.17. The van der Waals surface area contributed by atoms with Crippen LogP contribution in [-0.4, -0.2) is 5.91 Å². The van der Waals surface area contributed by atoms with Crippen LogP contribution >= 0.6 is 23.2 Å². The van der Waals surface area contributed by atoms with Crippen molar-refractivity contribution in [2.45, 2.75) is 5.38 Å². The Balaban J connectivity index is 2.14. The van der Waals surface area contributed by atoms with Gasteiger partial charge in [-0.2, -0.15) is 5.26 Å². The monoisotopic (exact) mass is 304 g/mol. The van der Waals surface area contributed by atoms with E-state index >= 15 is 0 Å².